The van der Waals surface area contributed by atoms with Crippen molar-refractivity contribution in [1.29, 1.82) is 0 Å². The van der Waals surface area contributed by atoms with E-state index in [0.717, 1.165) is 55.4 Å². The smallest absolute Gasteiger partial charge is 0.164 e. The first-order chi connectivity index (χ1) is 28.2. The van der Waals surface area contributed by atoms with Crippen LogP contribution in [0.2, 0.25) is 0 Å². The Labute approximate surface area is 330 Å². The van der Waals surface area contributed by atoms with Crippen LogP contribution in [0.15, 0.2) is 186 Å². The zero-order chi connectivity index (χ0) is 37.5. The number of rotatable bonds is 5. The van der Waals surface area contributed by atoms with Gasteiger partial charge in [0, 0.05) is 64.1 Å². The molecule has 0 radical (unpaired) electrons. The second-order valence-electron chi connectivity index (χ2n) is 14.4. The van der Waals surface area contributed by atoms with Gasteiger partial charge in [-0.2, -0.15) is 0 Å². The van der Waals surface area contributed by atoms with E-state index in [4.69, 9.17) is 19.4 Å². The summed E-state index contributed by atoms with van der Waals surface area (Å²) in [6.07, 6.45) is 0. The monoisotopic (exact) mass is 746 g/mol. The van der Waals surface area contributed by atoms with E-state index in [2.05, 4.69) is 126 Å². The van der Waals surface area contributed by atoms with Crippen LogP contribution < -0.4 is 0 Å². The molecule has 5 nitrogen and oxygen atoms in total. The van der Waals surface area contributed by atoms with Crippen molar-refractivity contribution in [1.82, 2.24) is 19.5 Å². The van der Waals surface area contributed by atoms with Gasteiger partial charge in [0.15, 0.2) is 17.5 Å². The van der Waals surface area contributed by atoms with Crippen molar-refractivity contribution in [3.05, 3.63) is 182 Å². The van der Waals surface area contributed by atoms with Crippen molar-refractivity contribution in [3.8, 4) is 51.0 Å². The van der Waals surface area contributed by atoms with Gasteiger partial charge in [0.2, 0.25) is 0 Å². The molecule has 0 amide bonds. The number of nitrogens with zero attached hydrogens (tertiary/aromatic N) is 4. The molecule has 0 saturated carbocycles. The van der Waals surface area contributed by atoms with Crippen LogP contribution in [0.3, 0.4) is 0 Å². The molecule has 0 spiro atoms. The van der Waals surface area contributed by atoms with Crippen molar-refractivity contribution in [2.45, 2.75) is 0 Å². The summed E-state index contributed by atoms with van der Waals surface area (Å²) < 4.78 is 11.3. The fourth-order valence-corrected chi connectivity index (χ4v) is 9.55. The predicted molar refractivity (Wildman–Crippen MR) is 236 cm³/mol. The minimum absolute atomic E-state index is 0.600. The van der Waals surface area contributed by atoms with E-state index < -0.39 is 0 Å². The van der Waals surface area contributed by atoms with E-state index in [0.29, 0.717) is 17.5 Å². The molecular formula is C51H30N4OS. The second kappa shape index (κ2) is 12.6. The summed E-state index contributed by atoms with van der Waals surface area (Å²) in [6.45, 7) is 0. The minimum Gasteiger partial charge on any atom is -0.456 e. The lowest BCUT2D eigenvalue weighted by Crippen LogP contribution is -2.00. The molecule has 12 aromatic rings. The lowest BCUT2D eigenvalue weighted by molar-refractivity contribution is 0.669. The highest BCUT2D eigenvalue weighted by Gasteiger charge is 2.19. The minimum atomic E-state index is 0.600. The van der Waals surface area contributed by atoms with Gasteiger partial charge < -0.3 is 8.98 Å². The van der Waals surface area contributed by atoms with Crippen molar-refractivity contribution in [2.24, 2.45) is 0 Å². The van der Waals surface area contributed by atoms with Gasteiger partial charge in [-0.15, -0.1) is 11.3 Å². The Hall–Kier alpha value is -7.41. The summed E-state index contributed by atoms with van der Waals surface area (Å²) in [6, 6.07) is 63.9. The number of furan rings is 1. The normalized spacial score (nSPS) is 11.9. The Morgan fingerprint density at radius 2 is 1.04 bits per heavy atom. The largest absolute Gasteiger partial charge is 0.456 e. The number of aromatic nitrogens is 4. The fourth-order valence-electron chi connectivity index (χ4n) is 8.43. The van der Waals surface area contributed by atoms with E-state index >= 15 is 0 Å². The number of hydrogen-bond donors (Lipinski definition) is 0. The van der Waals surface area contributed by atoms with Crippen LogP contribution in [0.4, 0.5) is 0 Å². The molecule has 0 unspecified atom stereocenters. The SMILES string of the molecule is c1ccc(-c2nc(-c3cccc(-c4cccc(-n5c6ccccc6c6cc7c(cc65)sc5ccccc57)c4)c3)nc(-c3cccc4oc5ccccc5c34)n2)cc1. The predicted octanol–water partition coefficient (Wildman–Crippen LogP) is 13.9. The highest BCUT2D eigenvalue weighted by Crippen LogP contribution is 2.41. The van der Waals surface area contributed by atoms with Crippen molar-refractivity contribution < 1.29 is 4.42 Å². The number of thiophene rings is 1. The average Bonchev–Trinajstić information content (AvgIpc) is 3.95. The van der Waals surface area contributed by atoms with Crippen molar-refractivity contribution in [3.63, 3.8) is 0 Å². The lowest BCUT2D eigenvalue weighted by Gasteiger charge is -2.12. The fraction of sp³-hybridized carbons (Fsp3) is 0. The number of para-hydroxylation sites is 2. The summed E-state index contributed by atoms with van der Waals surface area (Å²) in [5.41, 5.74) is 10.1. The molecule has 0 bridgehead atoms. The molecule has 0 aliphatic carbocycles. The molecule has 4 heterocycles. The summed E-state index contributed by atoms with van der Waals surface area (Å²) in [5, 5.41) is 7.15. The van der Waals surface area contributed by atoms with Gasteiger partial charge in [0.1, 0.15) is 11.2 Å². The van der Waals surface area contributed by atoms with E-state index in [1.807, 2.05) is 72.0 Å². The van der Waals surface area contributed by atoms with Crippen LogP contribution in [0.1, 0.15) is 0 Å². The van der Waals surface area contributed by atoms with Gasteiger partial charge >= 0.3 is 0 Å². The molecule has 0 aliphatic rings. The van der Waals surface area contributed by atoms with Crippen LogP contribution in [-0.2, 0) is 0 Å². The summed E-state index contributed by atoms with van der Waals surface area (Å²) >= 11 is 1.86. The zero-order valence-electron chi connectivity index (χ0n) is 30.4. The third-order valence-electron chi connectivity index (χ3n) is 11.0. The molecule has 0 aliphatic heterocycles. The third-order valence-corrected chi connectivity index (χ3v) is 12.2. The maximum Gasteiger partial charge on any atom is 0.164 e. The van der Waals surface area contributed by atoms with Gasteiger partial charge in [0.05, 0.1) is 11.0 Å². The average molecular weight is 747 g/mol. The van der Waals surface area contributed by atoms with Crippen molar-refractivity contribution in [2.75, 3.05) is 0 Å². The van der Waals surface area contributed by atoms with Crippen molar-refractivity contribution >= 4 is 75.3 Å². The molecule has 6 heteroatoms. The van der Waals surface area contributed by atoms with Gasteiger partial charge in [-0.3, -0.25) is 0 Å². The molecule has 12 rings (SSSR count). The van der Waals surface area contributed by atoms with E-state index in [-0.39, 0.29) is 0 Å². The number of fused-ring (bicyclic) bond motifs is 9. The molecule has 4 aromatic heterocycles. The molecule has 0 fully saturated rings. The van der Waals surface area contributed by atoms with Gasteiger partial charge in [0.25, 0.3) is 0 Å². The number of hydrogen-bond acceptors (Lipinski definition) is 5. The molecular weight excluding hydrogens is 717 g/mol. The van der Waals surface area contributed by atoms with Crippen LogP contribution >= 0.6 is 11.3 Å². The van der Waals surface area contributed by atoms with Crippen LogP contribution in [0, 0.1) is 0 Å². The van der Waals surface area contributed by atoms with E-state index in [9.17, 15) is 0 Å². The Kier molecular flexibility index (Phi) is 7.03. The van der Waals surface area contributed by atoms with Crippen LogP contribution in [-0.4, -0.2) is 19.5 Å². The van der Waals surface area contributed by atoms with E-state index in [1.165, 1.54) is 42.0 Å². The second-order valence-corrected chi connectivity index (χ2v) is 15.5. The molecule has 266 valence electrons. The van der Waals surface area contributed by atoms with Gasteiger partial charge in [-0.1, -0.05) is 127 Å². The Bertz CT molecular complexity index is 3540. The molecule has 57 heavy (non-hydrogen) atoms. The molecule has 0 saturated heterocycles. The standard InChI is InChI=1S/C51H30N4OS/c1-2-13-31(14-3-1)49-52-50(54-51(53-49)39-22-12-25-45-48(39)38-21-5-8-24-44(38)56-45)34-17-10-15-32(27-34)33-16-11-18-35(28-33)55-42-23-7-4-19-36(42)40-29-41-37-20-6-9-26-46(37)57-47(41)30-43(40)55/h1-30H. The zero-order valence-corrected chi connectivity index (χ0v) is 31.2. The first-order valence-corrected chi connectivity index (χ1v) is 19.8. The summed E-state index contributed by atoms with van der Waals surface area (Å²) in [5.74, 6) is 1.82. The highest BCUT2D eigenvalue weighted by molar-refractivity contribution is 7.25. The maximum absolute atomic E-state index is 6.25. The van der Waals surface area contributed by atoms with Gasteiger partial charge in [-0.25, -0.2) is 15.0 Å². The Morgan fingerprint density at radius 3 is 1.93 bits per heavy atom. The molecule has 0 N–H and O–H groups in total. The Balaban J connectivity index is 1.01. The number of benzene rings is 8. The highest BCUT2D eigenvalue weighted by atomic mass is 32.1. The maximum atomic E-state index is 6.25. The van der Waals surface area contributed by atoms with E-state index in [1.54, 1.807) is 0 Å². The summed E-state index contributed by atoms with van der Waals surface area (Å²) in [7, 11) is 0. The lowest BCUT2D eigenvalue weighted by atomic mass is 10.0. The topological polar surface area (TPSA) is 56.7 Å². The first kappa shape index (κ1) is 31.9. The molecule has 0 atom stereocenters. The first-order valence-electron chi connectivity index (χ1n) is 19.0. The molecule has 8 aromatic carbocycles. The third kappa shape index (κ3) is 5.12. The summed E-state index contributed by atoms with van der Waals surface area (Å²) in [4.78, 5) is 15.3. The Morgan fingerprint density at radius 1 is 0.386 bits per heavy atom. The quantitative estimate of drug-likeness (QED) is 0.176. The van der Waals surface area contributed by atoms with Crippen LogP contribution in [0.25, 0.3) is 115 Å². The van der Waals surface area contributed by atoms with Crippen LogP contribution in [0.5, 0.6) is 0 Å². The van der Waals surface area contributed by atoms with Gasteiger partial charge in [-0.05, 0) is 65.7 Å².